The van der Waals surface area contributed by atoms with Gasteiger partial charge in [-0.25, -0.2) is 0 Å². The summed E-state index contributed by atoms with van der Waals surface area (Å²) >= 11 is 0. The molecular formula is H4Al2Ca2K2Na2O29Si9Sr2. The van der Waals surface area contributed by atoms with Crippen LogP contribution in [0.4, 0.5) is 0 Å². The van der Waals surface area contributed by atoms with Crippen molar-refractivity contribution in [2.75, 3.05) is 0 Å². The smallest absolute Gasteiger partial charge is 0.672 e. The van der Waals surface area contributed by atoms with Gasteiger partial charge in [-0.3, -0.25) is 0 Å². The van der Waals surface area contributed by atoms with E-state index in [1.165, 1.54) is 0 Å². The first kappa shape index (κ1) is 138. The Bertz CT molecular complexity index is 467. The normalized spacial score (nSPS) is 4.50. The van der Waals surface area contributed by atoms with E-state index in [0.717, 1.165) is 0 Å². The fourth-order valence-corrected chi connectivity index (χ4v) is 0. The van der Waals surface area contributed by atoms with E-state index in [9.17, 15) is 0 Å². The molecule has 0 amide bonds. The van der Waals surface area contributed by atoms with Crippen LogP contribution in [0.5, 0.6) is 0 Å². The van der Waals surface area contributed by atoms with Crippen molar-refractivity contribution in [3.63, 3.8) is 0 Å². The summed E-state index contributed by atoms with van der Waals surface area (Å²) in [6, 6.07) is 0. The maximum Gasteiger partial charge on any atom is 3.00 e. The fraction of sp³-hybridized carbons (Fsp3) is 0. The average molecular weight is 1150 g/mol. The van der Waals surface area contributed by atoms with Gasteiger partial charge in [-0.1, -0.05) is 0 Å². The first-order valence-corrected chi connectivity index (χ1v) is 16.5. The molecule has 0 aliphatic rings. The number of hydrogen-bond acceptors (Lipinski definition) is 27. The summed E-state index contributed by atoms with van der Waals surface area (Å²) in [5.41, 5.74) is 0. The predicted molar refractivity (Wildman–Crippen MR) is 99.7 cm³/mol. The van der Waals surface area contributed by atoms with E-state index in [1.807, 2.05) is 0 Å². The molecule has 48 heteroatoms. The standard InChI is InChI=1S/2Al.2Ca.2K.2Na.9O3Si.2H2O.2Sr/c;;;;;;;;9*1-4(2)3;;;;/h;;;;;;;;;;;;;;;;;2*1H2;;/q2*+3;2*+2;4*+1;9*-2;;;2*+2. The Labute approximate surface area is 567 Å². The molecule has 0 saturated heterocycles. The van der Waals surface area contributed by atoms with Crippen LogP contribution in [0.1, 0.15) is 0 Å². The Morgan fingerprint density at radius 3 is 0.250 bits per heavy atom. The van der Waals surface area contributed by atoms with Crippen molar-refractivity contribution in [2.24, 2.45) is 0 Å². The van der Waals surface area contributed by atoms with E-state index in [2.05, 4.69) is 0 Å². The Kier molecular flexibility index (Phi) is 377. The molecule has 0 aliphatic carbocycles. The van der Waals surface area contributed by atoms with Crippen LogP contribution in [0.2, 0.25) is 0 Å². The summed E-state index contributed by atoms with van der Waals surface area (Å²) in [6.45, 7) is 0. The van der Waals surface area contributed by atoms with Crippen LogP contribution < -0.4 is 248 Å². The summed E-state index contributed by atoms with van der Waals surface area (Å²) in [5, 5.41) is 0. The van der Waals surface area contributed by atoms with E-state index in [-0.39, 0.29) is 374 Å². The molecular weight excluding hydrogens is 1150 g/mol. The third-order valence-electron chi connectivity index (χ3n) is 0. The van der Waals surface area contributed by atoms with Gasteiger partial charge in [0, 0.05) is 82.5 Å². The monoisotopic (exact) mass is 1150 g/mol. The van der Waals surface area contributed by atoms with Gasteiger partial charge in [0.2, 0.25) is 0 Å². The predicted octanol–water partition coefficient (Wildman–Crippen LogP) is -41.8. The zero-order valence-corrected chi connectivity index (χ0v) is 57.4. The van der Waals surface area contributed by atoms with E-state index in [1.54, 1.807) is 0 Å². The molecule has 0 atom stereocenters. The molecule has 0 aromatic rings. The largest absolute Gasteiger partial charge is 3.00 e. The third-order valence-corrected chi connectivity index (χ3v) is 0. The minimum absolute atomic E-state index is 0. The fourth-order valence-electron chi connectivity index (χ4n) is 0. The molecule has 0 aromatic heterocycles. The van der Waals surface area contributed by atoms with E-state index < -0.39 is 82.5 Å². The molecule has 0 saturated carbocycles. The third kappa shape index (κ3) is 2240. The first-order chi connectivity index (χ1) is 15.6. The van der Waals surface area contributed by atoms with Crippen molar-refractivity contribution >= 4 is 284 Å². The minimum atomic E-state index is -3.63. The molecule has 0 bridgehead atoms. The van der Waals surface area contributed by atoms with Crippen molar-refractivity contribution in [1.29, 1.82) is 0 Å². The van der Waals surface area contributed by atoms with Crippen molar-refractivity contribution in [1.82, 2.24) is 0 Å². The van der Waals surface area contributed by atoms with Gasteiger partial charge in [0.15, 0.2) is 0 Å². The van der Waals surface area contributed by atoms with E-state index >= 15 is 0 Å². The van der Waals surface area contributed by atoms with Crippen LogP contribution in [0, 0.1) is 0 Å². The van der Waals surface area contributed by atoms with Gasteiger partial charge < -0.3 is 137 Å². The maximum atomic E-state index is 8.52. The molecule has 0 rings (SSSR count). The molecule has 0 fully saturated rings. The zero-order chi connectivity index (χ0) is 32.2. The van der Waals surface area contributed by atoms with Crippen LogP contribution in [0.3, 0.4) is 0 Å². The van der Waals surface area contributed by atoms with Gasteiger partial charge in [-0.2, -0.15) is 0 Å². The average Bonchev–Trinajstić information content (AvgIpc) is 2.39. The second-order valence-electron chi connectivity index (χ2n) is 2.25. The molecule has 0 spiro atoms. The molecule has 4 N–H and O–H groups in total. The second-order valence-corrected chi connectivity index (χ2v) is 6.75. The second kappa shape index (κ2) is 131. The summed E-state index contributed by atoms with van der Waals surface area (Å²) < 4.78 is 76.7. The first-order valence-electron chi connectivity index (χ1n) is 5.51. The van der Waals surface area contributed by atoms with Gasteiger partial charge in [0.25, 0.3) is 0 Å². The quantitative estimate of drug-likeness (QED) is 0.203. The zero-order valence-electron chi connectivity index (χ0n) is 24.5. The van der Waals surface area contributed by atoms with Crippen molar-refractivity contribution in [3.05, 3.63) is 0 Å². The van der Waals surface area contributed by atoms with Crippen molar-refractivity contribution < 1.29 is 299 Å². The summed E-state index contributed by atoms with van der Waals surface area (Å²) in [4.78, 5) is 153. The van der Waals surface area contributed by atoms with Crippen molar-refractivity contribution in [2.45, 2.75) is 0 Å². The van der Waals surface area contributed by atoms with Gasteiger partial charge in [-0.15, -0.1) is 0 Å². The van der Waals surface area contributed by atoms with Gasteiger partial charge >= 0.3 is 363 Å². The molecule has 29 nitrogen and oxygen atoms in total. The number of rotatable bonds is 0. The van der Waals surface area contributed by atoms with Gasteiger partial charge in [-0.05, 0) is 0 Å². The van der Waals surface area contributed by atoms with Crippen LogP contribution in [0.25, 0.3) is 0 Å². The van der Waals surface area contributed by atoms with Crippen LogP contribution in [-0.2, 0) is 40.2 Å². The molecule has 232 valence electrons. The molecule has 48 heavy (non-hydrogen) atoms. The summed E-state index contributed by atoms with van der Waals surface area (Å²) in [6.07, 6.45) is 0. The molecule has 0 aromatic carbocycles. The molecule has 0 unspecified atom stereocenters. The van der Waals surface area contributed by atoms with E-state index in [0.29, 0.717) is 0 Å². The van der Waals surface area contributed by atoms with Gasteiger partial charge in [0.05, 0.1) is 0 Å². The number of hydrogen-bond donors (Lipinski definition) is 0. The topological polar surface area (TPSA) is 632 Å². The summed E-state index contributed by atoms with van der Waals surface area (Å²) in [5.74, 6) is 0. The van der Waals surface area contributed by atoms with Crippen LogP contribution in [0.15, 0.2) is 0 Å². The minimum Gasteiger partial charge on any atom is -0.672 e. The Hall–Kier alpha value is 8.29. The Balaban J connectivity index is -0.00000000872. The van der Waals surface area contributed by atoms with Crippen LogP contribution >= 0.6 is 0 Å². The summed E-state index contributed by atoms with van der Waals surface area (Å²) in [7, 11) is -32.7. The molecule has 0 aliphatic heterocycles. The SMILES string of the molecule is O.O.O=[Si]([O-])[O-].O=[Si]([O-])[O-].O=[Si]([O-])[O-].O=[Si]([O-])[O-].O=[Si]([O-])[O-].O=[Si]([O-])[O-].O=[Si]([O-])[O-].O=[Si]([O-])[O-].O=[Si]([O-])[O-].[Al+3].[Al+3].[Ca+2].[Ca+2].[K+].[K+].[Na+].[Na+].[Sr+2].[Sr+2]. The van der Waals surface area contributed by atoms with Crippen molar-refractivity contribution in [3.8, 4) is 0 Å². The molecule has 0 heterocycles. The Morgan fingerprint density at radius 1 is 0.250 bits per heavy atom. The maximum absolute atomic E-state index is 8.52. The van der Waals surface area contributed by atoms with E-state index in [4.69, 9.17) is 126 Å². The van der Waals surface area contributed by atoms with Crippen LogP contribution in [-0.4, -0.2) is 295 Å². The Morgan fingerprint density at radius 2 is 0.250 bits per heavy atom. The molecule has 0 radical (unpaired) electrons. The van der Waals surface area contributed by atoms with Gasteiger partial charge in [0.1, 0.15) is 0 Å².